The van der Waals surface area contributed by atoms with Crippen LogP contribution in [-0.4, -0.2) is 40.6 Å². The van der Waals surface area contributed by atoms with Crippen molar-refractivity contribution in [2.75, 3.05) is 13.7 Å². The number of ether oxygens (including phenoxy) is 1. The zero-order chi connectivity index (χ0) is 18.4. The summed E-state index contributed by atoms with van der Waals surface area (Å²) in [5.74, 6) is -0.280. The normalized spacial score (nSPS) is 15.4. The summed E-state index contributed by atoms with van der Waals surface area (Å²) in [4.78, 5) is 36.7. The van der Waals surface area contributed by atoms with E-state index in [2.05, 4.69) is 10.9 Å². The van der Waals surface area contributed by atoms with E-state index in [-0.39, 0.29) is 24.8 Å². The van der Waals surface area contributed by atoms with Crippen molar-refractivity contribution < 1.29 is 19.1 Å². The lowest BCUT2D eigenvalue weighted by molar-refractivity contribution is -0.128. The zero-order valence-electron chi connectivity index (χ0n) is 13.7. The van der Waals surface area contributed by atoms with Crippen LogP contribution in [-0.2, 0) is 14.4 Å². The fraction of sp³-hybridized carbons (Fsp3) is 0.250. The van der Waals surface area contributed by atoms with Crippen LogP contribution in [0.3, 0.4) is 0 Å². The van der Waals surface area contributed by atoms with Crippen molar-refractivity contribution in [3.05, 3.63) is 34.7 Å². The van der Waals surface area contributed by atoms with Gasteiger partial charge in [-0.15, -0.1) is 0 Å². The van der Waals surface area contributed by atoms with Gasteiger partial charge in [-0.2, -0.15) is 0 Å². The van der Waals surface area contributed by atoms with Crippen LogP contribution in [0.4, 0.5) is 0 Å². The topological polar surface area (TPSA) is 87.7 Å². The van der Waals surface area contributed by atoms with E-state index in [1.54, 1.807) is 25.3 Å². The molecule has 132 valence electrons. The van der Waals surface area contributed by atoms with Gasteiger partial charge in [0.15, 0.2) is 0 Å². The second-order valence-corrected chi connectivity index (χ2v) is 6.76. The average molecular weight is 379 g/mol. The third kappa shape index (κ3) is 5.30. The first-order valence-electron chi connectivity index (χ1n) is 7.35. The Bertz CT molecular complexity index is 731. The maximum Gasteiger partial charge on any atom is 0.266 e. The van der Waals surface area contributed by atoms with Crippen LogP contribution >= 0.6 is 24.0 Å². The second-order valence-electron chi connectivity index (χ2n) is 5.09. The number of carbonyl (C=O) groups is 3. The van der Waals surface area contributed by atoms with Gasteiger partial charge in [0.1, 0.15) is 10.1 Å². The maximum absolute atomic E-state index is 12.4. The Balaban J connectivity index is 1.97. The third-order valence-corrected chi connectivity index (χ3v) is 4.61. The lowest BCUT2D eigenvalue weighted by Crippen LogP contribution is -2.42. The first-order chi connectivity index (χ1) is 11.9. The van der Waals surface area contributed by atoms with Crippen LogP contribution < -0.4 is 15.6 Å². The van der Waals surface area contributed by atoms with E-state index >= 15 is 0 Å². The Labute approximate surface area is 154 Å². The van der Waals surface area contributed by atoms with Crippen LogP contribution in [0.15, 0.2) is 29.2 Å². The van der Waals surface area contributed by atoms with E-state index < -0.39 is 5.91 Å². The summed E-state index contributed by atoms with van der Waals surface area (Å²) in [6.07, 6.45) is 1.78. The van der Waals surface area contributed by atoms with E-state index in [1.165, 1.54) is 23.6 Å². The molecule has 1 aromatic rings. The van der Waals surface area contributed by atoms with Crippen LogP contribution in [0.2, 0.25) is 0 Å². The Morgan fingerprint density at radius 1 is 1.28 bits per heavy atom. The first-order valence-corrected chi connectivity index (χ1v) is 8.58. The van der Waals surface area contributed by atoms with Gasteiger partial charge in [0, 0.05) is 19.9 Å². The molecule has 1 saturated heterocycles. The zero-order valence-corrected chi connectivity index (χ0v) is 15.3. The Morgan fingerprint density at radius 2 is 1.96 bits per heavy atom. The van der Waals surface area contributed by atoms with Gasteiger partial charge in [-0.25, -0.2) is 0 Å². The van der Waals surface area contributed by atoms with E-state index in [9.17, 15) is 14.4 Å². The van der Waals surface area contributed by atoms with E-state index in [0.717, 1.165) is 11.3 Å². The fourth-order valence-corrected chi connectivity index (χ4v) is 3.29. The molecule has 0 aliphatic carbocycles. The van der Waals surface area contributed by atoms with Crippen LogP contribution in [0.1, 0.15) is 18.9 Å². The number of carbonyl (C=O) groups excluding carboxylic acids is 3. The molecule has 7 nitrogen and oxygen atoms in total. The van der Waals surface area contributed by atoms with Gasteiger partial charge in [-0.1, -0.05) is 36.1 Å². The summed E-state index contributed by atoms with van der Waals surface area (Å²) in [7, 11) is 1.59. The van der Waals surface area contributed by atoms with Crippen molar-refractivity contribution in [2.45, 2.75) is 13.3 Å². The number of amides is 3. The smallest absolute Gasteiger partial charge is 0.266 e. The quantitative estimate of drug-likeness (QED) is 0.457. The highest BCUT2D eigenvalue weighted by atomic mass is 32.2. The SMILES string of the molecule is COc1ccc(/C=C2\SC(=S)N(CCC(=O)NNC(C)=O)C2=O)cc1. The van der Waals surface area contributed by atoms with Gasteiger partial charge in [-0.05, 0) is 23.8 Å². The summed E-state index contributed by atoms with van der Waals surface area (Å²) in [5.41, 5.74) is 5.29. The molecule has 0 spiro atoms. The van der Waals surface area contributed by atoms with Crippen molar-refractivity contribution in [1.82, 2.24) is 15.8 Å². The average Bonchev–Trinajstić information content (AvgIpc) is 2.85. The number of rotatable bonds is 5. The summed E-state index contributed by atoms with van der Waals surface area (Å²) >= 11 is 6.41. The highest BCUT2D eigenvalue weighted by Gasteiger charge is 2.32. The Kier molecular flexibility index (Phi) is 6.54. The molecule has 0 saturated carbocycles. The minimum Gasteiger partial charge on any atom is -0.497 e. The molecule has 2 N–H and O–H groups in total. The highest BCUT2D eigenvalue weighted by molar-refractivity contribution is 8.26. The number of hydrogen-bond acceptors (Lipinski definition) is 6. The largest absolute Gasteiger partial charge is 0.497 e. The number of thiocarbonyl (C=S) groups is 1. The van der Waals surface area contributed by atoms with Gasteiger partial charge in [-0.3, -0.25) is 30.1 Å². The van der Waals surface area contributed by atoms with Gasteiger partial charge in [0.2, 0.25) is 11.8 Å². The number of benzene rings is 1. The number of nitrogens with zero attached hydrogens (tertiary/aromatic N) is 1. The Morgan fingerprint density at radius 3 is 2.56 bits per heavy atom. The number of nitrogens with one attached hydrogen (secondary N) is 2. The molecule has 0 unspecified atom stereocenters. The van der Waals surface area contributed by atoms with Gasteiger partial charge < -0.3 is 4.74 Å². The lowest BCUT2D eigenvalue weighted by Gasteiger charge is -2.14. The predicted octanol–water partition coefficient (Wildman–Crippen LogP) is 1.45. The molecular formula is C16H17N3O4S2. The summed E-state index contributed by atoms with van der Waals surface area (Å²) in [5, 5.41) is 0. The molecule has 0 aromatic heterocycles. The number of hydrogen-bond donors (Lipinski definition) is 2. The minimum absolute atomic E-state index is 0.0303. The molecule has 9 heteroatoms. The molecule has 1 fully saturated rings. The molecule has 1 aromatic carbocycles. The van der Waals surface area contributed by atoms with E-state index in [1.807, 2.05) is 12.1 Å². The van der Waals surface area contributed by atoms with Crippen molar-refractivity contribution in [1.29, 1.82) is 0 Å². The van der Waals surface area contributed by atoms with Crippen LogP contribution in [0.5, 0.6) is 5.75 Å². The standard InChI is InChI=1S/C16H17N3O4S2/c1-10(20)17-18-14(21)7-8-19-15(22)13(25-16(19)24)9-11-3-5-12(23-2)6-4-11/h3-6,9H,7-8H2,1-2H3,(H,17,20)(H,18,21)/b13-9-. The van der Waals surface area contributed by atoms with Crippen molar-refractivity contribution in [3.8, 4) is 5.75 Å². The van der Waals surface area contributed by atoms with E-state index in [4.69, 9.17) is 17.0 Å². The van der Waals surface area contributed by atoms with Gasteiger partial charge >= 0.3 is 0 Å². The molecular weight excluding hydrogens is 362 g/mol. The molecule has 1 heterocycles. The van der Waals surface area contributed by atoms with Crippen molar-refractivity contribution in [3.63, 3.8) is 0 Å². The summed E-state index contributed by atoms with van der Waals surface area (Å²) < 4.78 is 5.50. The van der Waals surface area contributed by atoms with E-state index in [0.29, 0.717) is 9.23 Å². The number of thioether (sulfide) groups is 1. The third-order valence-electron chi connectivity index (χ3n) is 3.23. The monoisotopic (exact) mass is 379 g/mol. The minimum atomic E-state index is -0.400. The molecule has 1 aliphatic rings. The van der Waals surface area contributed by atoms with Crippen LogP contribution in [0, 0.1) is 0 Å². The molecule has 0 radical (unpaired) electrons. The highest BCUT2D eigenvalue weighted by Crippen LogP contribution is 2.32. The molecule has 2 rings (SSSR count). The lowest BCUT2D eigenvalue weighted by atomic mass is 10.2. The Hall–Kier alpha value is -2.39. The molecule has 3 amide bonds. The first kappa shape index (κ1) is 18.9. The number of hydrazine groups is 1. The van der Waals surface area contributed by atoms with Gasteiger partial charge in [0.25, 0.3) is 5.91 Å². The molecule has 25 heavy (non-hydrogen) atoms. The number of methoxy groups -OCH3 is 1. The molecule has 1 aliphatic heterocycles. The fourth-order valence-electron chi connectivity index (χ4n) is 1.98. The summed E-state index contributed by atoms with van der Waals surface area (Å²) in [6, 6.07) is 7.29. The van der Waals surface area contributed by atoms with Gasteiger partial charge in [0.05, 0.1) is 12.0 Å². The van der Waals surface area contributed by atoms with Crippen molar-refractivity contribution >= 4 is 52.1 Å². The molecule has 0 atom stereocenters. The van der Waals surface area contributed by atoms with Crippen molar-refractivity contribution in [2.24, 2.45) is 0 Å². The summed E-state index contributed by atoms with van der Waals surface area (Å²) in [6.45, 7) is 1.43. The second kappa shape index (κ2) is 8.63. The maximum atomic E-state index is 12.4. The molecule has 0 bridgehead atoms. The van der Waals surface area contributed by atoms with Crippen LogP contribution in [0.25, 0.3) is 6.08 Å². The predicted molar refractivity (Wildman–Crippen MR) is 99.4 cm³/mol.